The highest BCUT2D eigenvalue weighted by Crippen LogP contribution is 2.16. The van der Waals surface area contributed by atoms with E-state index in [1.54, 1.807) is 0 Å². The number of benzene rings is 1. The Labute approximate surface area is 110 Å². The lowest BCUT2D eigenvalue weighted by Crippen LogP contribution is -2.26. The van der Waals surface area contributed by atoms with Gasteiger partial charge in [-0.25, -0.2) is 0 Å². The second-order valence-corrected chi connectivity index (χ2v) is 5.29. The number of hydrogen-bond acceptors (Lipinski definition) is 2. The summed E-state index contributed by atoms with van der Waals surface area (Å²) < 4.78 is 0. The zero-order valence-electron chi connectivity index (χ0n) is 10.1. The highest BCUT2D eigenvalue weighted by Gasteiger charge is 2.18. The van der Waals surface area contributed by atoms with Crippen molar-refractivity contribution in [1.29, 1.82) is 0 Å². The van der Waals surface area contributed by atoms with Gasteiger partial charge in [0, 0.05) is 12.3 Å². The van der Waals surface area contributed by atoms with Crippen LogP contribution in [-0.4, -0.2) is 22.4 Å². The molecule has 1 unspecified atom stereocenters. The molecule has 1 amide bonds. The molecule has 1 aromatic rings. The monoisotopic (exact) mass is 299 g/mol. The van der Waals surface area contributed by atoms with Crippen molar-refractivity contribution >= 4 is 27.5 Å². The number of alkyl halides is 1. The quantitative estimate of drug-likeness (QED) is 0.821. The van der Waals surface area contributed by atoms with E-state index in [1.165, 1.54) is 0 Å². The van der Waals surface area contributed by atoms with Crippen LogP contribution in [0, 0.1) is 5.92 Å². The van der Waals surface area contributed by atoms with Gasteiger partial charge in [-0.15, -0.1) is 0 Å². The minimum Gasteiger partial charge on any atom is -0.396 e. The van der Waals surface area contributed by atoms with Crippen molar-refractivity contribution in [2.45, 2.75) is 25.1 Å². The van der Waals surface area contributed by atoms with Crippen LogP contribution in [0.3, 0.4) is 0 Å². The maximum atomic E-state index is 11.8. The molecule has 0 bridgehead atoms. The lowest BCUT2D eigenvalue weighted by Gasteiger charge is -2.13. The molecule has 0 fully saturated rings. The number of amides is 1. The molecular weight excluding hydrogens is 282 g/mol. The summed E-state index contributed by atoms with van der Waals surface area (Å²) in [5, 5.41) is 11.6. The molecule has 0 heterocycles. The van der Waals surface area contributed by atoms with Gasteiger partial charge in [-0.1, -0.05) is 41.9 Å². The summed E-state index contributed by atoms with van der Waals surface area (Å²) in [6.07, 6.45) is 0.640. The number of carbonyl (C=O) groups is 1. The van der Waals surface area contributed by atoms with E-state index in [4.69, 9.17) is 5.11 Å². The van der Waals surface area contributed by atoms with Crippen molar-refractivity contribution in [2.75, 3.05) is 11.9 Å². The smallest absolute Gasteiger partial charge is 0.238 e. The number of aliphatic hydroxyl groups is 1. The number of carbonyl (C=O) groups excluding carboxylic acids is 1. The molecule has 1 rings (SSSR count). The SMILES string of the molecule is CC(C)C(Br)C(=O)Nc1ccc(CCO)cc1. The number of halogens is 1. The Kier molecular flexibility index (Phi) is 5.65. The summed E-state index contributed by atoms with van der Waals surface area (Å²) in [7, 11) is 0. The van der Waals surface area contributed by atoms with Crippen LogP contribution >= 0.6 is 15.9 Å². The summed E-state index contributed by atoms with van der Waals surface area (Å²) in [5.41, 5.74) is 1.84. The van der Waals surface area contributed by atoms with Crippen LogP contribution in [0.1, 0.15) is 19.4 Å². The number of anilines is 1. The van der Waals surface area contributed by atoms with Crippen molar-refractivity contribution in [1.82, 2.24) is 0 Å². The first-order valence-electron chi connectivity index (χ1n) is 5.69. The Balaban J connectivity index is 2.60. The Morgan fingerprint density at radius 2 is 1.94 bits per heavy atom. The fraction of sp³-hybridized carbons (Fsp3) is 0.462. The average Bonchev–Trinajstić information content (AvgIpc) is 2.30. The molecule has 94 valence electrons. The number of hydrogen-bond donors (Lipinski definition) is 2. The van der Waals surface area contributed by atoms with Gasteiger partial charge in [-0.05, 0) is 30.0 Å². The molecule has 0 aliphatic carbocycles. The highest BCUT2D eigenvalue weighted by molar-refractivity contribution is 9.10. The van der Waals surface area contributed by atoms with Gasteiger partial charge >= 0.3 is 0 Å². The van der Waals surface area contributed by atoms with Crippen molar-refractivity contribution in [3.05, 3.63) is 29.8 Å². The Hall–Kier alpha value is -0.870. The van der Waals surface area contributed by atoms with E-state index in [9.17, 15) is 4.79 Å². The van der Waals surface area contributed by atoms with Crippen molar-refractivity contribution in [3.63, 3.8) is 0 Å². The number of aliphatic hydroxyl groups excluding tert-OH is 1. The Bertz CT molecular complexity index is 362. The summed E-state index contributed by atoms with van der Waals surface area (Å²) in [5.74, 6) is 0.221. The predicted molar refractivity (Wildman–Crippen MR) is 73.4 cm³/mol. The molecule has 4 heteroatoms. The molecular formula is C13H18BrNO2. The molecule has 0 radical (unpaired) electrons. The minimum absolute atomic E-state index is 0.0325. The molecule has 3 nitrogen and oxygen atoms in total. The second kappa shape index (κ2) is 6.77. The molecule has 1 atom stereocenters. The zero-order valence-corrected chi connectivity index (χ0v) is 11.7. The Morgan fingerprint density at radius 3 is 2.41 bits per heavy atom. The topological polar surface area (TPSA) is 49.3 Å². The second-order valence-electron chi connectivity index (χ2n) is 4.31. The summed E-state index contributed by atoms with van der Waals surface area (Å²) >= 11 is 3.36. The Morgan fingerprint density at radius 1 is 1.35 bits per heavy atom. The summed E-state index contributed by atoms with van der Waals surface area (Å²) in [4.78, 5) is 11.6. The van der Waals surface area contributed by atoms with Gasteiger partial charge in [0.25, 0.3) is 0 Å². The van der Waals surface area contributed by atoms with Gasteiger partial charge in [-0.3, -0.25) is 4.79 Å². The standard InChI is InChI=1S/C13H18BrNO2/c1-9(2)12(14)13(17)15-11-5-3-10(4-6-11)7-8-16/h3-6,9,12,16H,7-8H2,1-2H3,(H,15,17). The van der Waals surface area contributed by atoms with Gasteiger partial charge in [0.15, 0.2) is 0 Å². The number of rotatable bonds is 5. The molecule has 0 aliphatic rings. The third-order valence-electron chi connectivity index (χ3n) is 2.46. The van der Waals surface area contributed by atoms with Gasteiger partial charge < -0.3 is 10.4 Å². The van der Waals surface area contributed by atoms with E-state index in [0.29, 0.717) is 6.42 Å². The van der Waals surface area contributed by atoms with Gasteiger partial charge in [-0.2, -0.15) is 0 Å². The third-order valence-corrected chi connectivity index (χ3v) is 3.93. The molecule has 17 heavy (non-hydrogen) atoms. The largest absolute Gasteiger partial charge is 0.396 e. The van der Waals surface area contributed by atoms with Gasteiger partial charge in [0.05, 0.1) is 4.83 Å². The molecule has 0 aromatic heterocycles. The van der Waals surface area contributed by atoms with Crippen LogP contribution in [0.25, 0.3) is 0 Å². The molecule has 0 spiro atoms. The lowest BCUT2D eigenvalue weighted by molar-refractivity contribution is -0.116. The first-order valence-corrected chi connectivity index (χ1v) is 6.61. The molecule has 0 saturated heterocycles. The van der Waals surface area contributed by atoms with E-state index in [2.05, 4.69) is 21.2 Å². The highest BCUT2D eigenvalue weighted by atomic mass is 79.9. The van der Waals surface area contributed by atoms with Crippen molar-refractivity contribution in [2.24, 2.45) is 5.92 Å². The van der Waals surface area contributed by atoms with Crippen molar-refractivity contribution < 1.29 is 9.90 Å². The lowest BCUT2D eigenvalue weighted by atomic mass is 10.1. The normalized spacial score (nSPS) is 12.5. The summed E-state index contributed by atoms with van der Waals surface area (Å²) in [6.45, 7) is 4.12. The maximum absolute atomic E-state index is 11.8. The van der Waals surface area contributed by atoms with Crippen LogP contribution < -0.4 is 5.32 Å². The average molecular weight is 300 g/mol. The summed E-state index contributed by atoms with van der Waals surface area (Å²) in [6, 6.07) is 7.51. The minimum atomic E-state index is -0.181. The van der Waals surface area contributed by atoms with Crippen molar-refractivity contribution in [3.8, 4) is 0 Å². The van der Waals surface area contributed by atoms with Crippen LogP contribution in [0.5, 0.6) is 0 Å². The van der Waals surface area contributed by atoms with E-state index in [-0.39, 0.29) is 23.3 Å². The fourth-order valence-corrected chi connectivity index (χ4v) is 1.51. The van der Waals surface area contributed by atoms with Crippen LogP contribution in [0.4, 0.5) is 5.69 Å². The van der Waals surface area contributed by atoms with E-state index in [0.717, 1.165) is 11.3 Å². The first kappa shape index (κ1) is 14.2. The van der Waals surface area contributed by atoms with E-state index >= 15 is 0 Å². The van der Waals surface area contributed by atoms with Gasteiger partial charge in [0.1, 0.15) is 0 Å². The molecule has 0 saturated carbocycles. The number of nitrogens with one attached hydrogen (secondary N) is 1. The molecule has 1 aromatic carbocycles. The van der Waals surface area contributed by atoms with E-state index in [1.807, 2.05) is 38.1 Å². The fourth-order valence-electron chi connectivity index (χ4n) is 1.40. The van der Waals surface area contributed by atoms with Crippen LogP contribution in [0.2, 0.25) is 0 Å². The zero-order chi connectivity index (χ0) is 12.8. The van der Waals surface area contributed by atoms with Crippen LogP contribution in [-0.2, 0) is 11.2 Å². The molecule has 2 N–H and O–H groups in total. The molecule has 0 aliphatic heterocycles. The van der Waals surface area contributed by atoms with Gasteiger partial charge in [0.2, 0.25) is 5.91 Å². The van der Waals surface area contributed by atoms with Crippen LogP contribution in [0.15, 0.2) is 24.3 Å². The third kappa shape index (κ3) is 4.48. The predicted octanol–water partition coefficient (Wildman–Crippen LogP) is 2.58. The maximum Gasteiger partial charge on any atom is 0.238 e. The van der Waals surface area contributed by atoms with E-state index < -0.39 is 0 Å². The first-order chi connectivity index (χ1) is 8.04.